The molecule has 1 rings (SSSR count). The van der Waals surface area contributed by atoms with Crippen molar-refractivity contribution < 1.29 is 14.3 Å². The fraction of sp³-hybridized carbons (Fsp3) is 0.357. The summed E-state index contributed by atoms with van der Waals surface area (Å²) >= 11 is 0. The lowest BCUT2D eigenvalue weighted by atomic mass is 10.1. The van der Waals surface area contributed by atoms with Crippen molar-refractivity contribution in [2.45, 2.75) is 20.3 Å². The van der Waals surface area contributed by atoms with E-state index in [-0.39, 0.29) is 5.97 Å². The van der Waals surface area contributed by atoms with Crippen molar-refractivity contribution in [2.75, 3.05) is 13.7 Å². The number of esters is 1. The van der Waals surface area contributed by atoms with E-state index in [0.29, 0.717) is 6.61 Å². The lowest BCUT2D eigenvalue weighted by molar-refractivity contribution is -0.137. The Hall–Kier alpha value is -1.77. The molecule has 0 aromatic heterocycles. The van der Waals surface area contributed by atoms with Gasteiger partial charge in [0.05, 0.1) is 13.7 Å². The Labute approximate surface area is 102 Å². The van der Waals surface area contributed by atoms with Crippen molar-refractivity contribution in [2.24, 2.45) is 0 Å². The van der Waals surface area contributed by atoms with Gasteiger partial charge in [-0.25, -0.2) is 4.79 Å². The quantitative estimate of drug-likeness (QED) is 0.580. The first-order valence-corrected chi connectivity index (χ1v) is 5.62. The fourth-order valence-electron chi connectivity index (χ4n) is 1.50. The molecule has 0 fully saturated rings. The number of carbonyl (C=O) groups is 1. The molecule has 0 N–H and O–H groups in total. The summed E-state index contributed by atoms with van der Waals surface area (Å²) in [5, 5.41) is 0. The monoisotopic (exact) mass is 234 g/mol. The topological polar surface area (TPSA) is 35.5 Å². The van der Waals surface area contributed by atoms with Gasteiger partial charge in [0.15, 0.2) is 0 Å². The number of carbonyl (C=O) groups excluding carboxylic acids is 1. The van der Waals surface area contributed by atoms with Gasteiger partial charge in [-0.1, -0.05) is 17.7 Å². The van der Waals surface area contributed by atoms with Crippen molar-refractivity contribution in [3.8, 4) is 5.75 Å². The molecule has 1 aromatic carbocycles. The molecule has 0 radical (unpaired) electrons. The number of methoxy groups -OCH3 is 1. The Morgan fingerprint density at radius 1 is 1.29 bits per heavy atom. The molecule has 3 heteroatoms. The van der Waals surface area contributed by atoms with Gasteiger partial charge in [0.2, 0.25) is 0 Å². The summed E-state index contributed by atoms with van der Waals surface area (Å²) in [6.07, 6.45) is 2.27. The van der Waals surface area contributed by atoms with Crippen LogP contribution in [0, 0.1) is 0 Å². The minimum absolute atomic E-state index is 0.279. The number of ether oxygens (including phenoxy) is 2. The zero-order valence-electron chi connectivity index (χ0n) is 10.5. The predicted octanol–water partition coefficient (Wildman–Crippen LogP) is 2.75. The summed E-state index contributed by atoms with van der Waals surface area (Å²) in [6, 6.07) is 7.79. The molecule has 3 nitrogen and oxygen atoms in total. The van der Waals surface area contributed by atoms with Crippen LogP contribution in [0.2, 0.25) is 0 Å². The minimum Gasteiger partial charge on any atom is -0.497 e. The molecular weight excluding hydrogens is 216 g/mol. The fourth-order valence-corrected chi connectivity index (χ4v) is 1.50. The Bertz CT molecular complexity index is 390. The SMILES string of the molecule is CCOC(=O)C=C(C)Cc1ccc(OC)cc1. The normalized spacial score (nSPS) is 11.1. The third-order valence-corrected chi connectivity index (χ3v) is 2.29. The highest BCUT2D eigenvalue weighted by atomic mass is 16.5. The first-order valence-electron chi connectivity index (χ1n) is 5.62. The molecule has 0 unspecified atom stereocenters. The molecule has 0 aliphatic carbocycles. The standard InChI is InChI=1S/C14H18O3/c1-4-17-14(15)10-11(2)9-12-5-7-13(16-3)8-6-12/h5-8,10H,4,9H2,1-3H3. The van der Waals surface area contributed by atoms with Crippen LogP contribution in [0.1, 0.15) is 19.4 Å². The Balaban J connectivity index is 2.60. The third kappa shape index (κ3) is 4.72. The van der Waals surface area contributed by atoms with Crippen LogP contribution in [-0.2, 0) is 16.0 Å². The summed E-state index contributed by atoms with van der Waals surface area (Å²) in [4.78, 5) is 11.2. The van der Waals surface area contributed by atoms with Crippen LogP contribution < -0.4 is 4.74 Å². The molecule has 1 aromatic rings. The van der Waals surface area contributed by atoms with Crippen LogP contribution in [0.4, 0.5) is 0 Å². The molecule has 0 saturated carbocycles. The molecule has 0 aliphatic rings. The zero-order valence-corrected chi connectivity index (χ0v) is 10.5. The summed E-state index contributed by atoms with van der Waals surface area (Å²) in [6.45, 7) is 4.12. The van der Waals surface area contributed by atoms with E-state index in [1.165, 1.54) is 6.08 Å². The van der Waals surface area contributed by atoms with Crippen molar-refractivity contribution in [3.63, 3.8) is 0 Å². The van der Waals surface area contributed by atoms with Gasteiger partial charge in [0.25, 0.3) is 0 Å². The molecule has 0 aliphatic heterocycles. The molecular formula is C14H18O3. The average molecular weight is 234 g/mol. The molecule has 0 heterocycles. The lowest BCUT2D eigenvalue weighted by Gasteiger charge is -2.04. The molecule has 0 saturated heterocycles. The highest BCUT2D eigenvalue weighted by molar-refractivity contribution is 5.82. The first-order chi connectivity index (χ1) is 8.15. The van der Waals surface area contributed by atoms with Gasteiger partial charge in [0.1, 0.15) is 5.75 Å². The summed E-state index contributed by atoms with van der Waals surface area (Å²) in [5.74, 6) is 0.555. The van der Waals surface area contributed by atoms with Gasteiger partial charge in [-0.3, -0.25) is 0 Å². The maximum absolute atomic E-state index is 11.2. The second kappa shape index (κ2) is 6.74. The first kappa shape index (κ1) is 13.3. The van der Waals surface area contributed by atoms with E-state index in [0.717, 1.165) is 23.3 Å². The Morgan fingerprint density at radius 3 is 2.47 bits per heavy atom. The molecule has 92 valence electrons. The Kier molecular flexibility index (Phi) is 5.27. The third-order valence-electron chi connectivity index (χ3n) is 2.29. The van der Waals surface area contributed by atoms with Gasteiger partial charge in [-0.05, 0) is 38.0 Å². The van der Waals surface area contributed by atoms with Gasteiger partial charge in [-0.2, -0.15) is 0 Å². The average Bonchev–Trinajstić information content (AvgIpc) is 2.30. The number of rotatable bonds is 5. The second-order valence-corrected chi connectivity index (χ2v) is 3.77. The maximum atomic E-state index is 11.2. The van der Waals surface area contributed by atoms with E-state index in [9.17, 15) is 4.79 Å². The molecule has 0 atom stereocenters. The van der Waals surface area contributed by atoms with Crippen molar-refractivity contribution in [3.05, 3.63) is 41.5 Å². The smallest absolute Gasteiger partial charge is 0.330 e. The minimum atomic E-state index is -0.279. The zero-order chi connectivity index (χ0) is 12.7. The molecule has 0 amide bonds. The molecule has 17 heavy (non-hydrogen) atoms. The summed E-state index contributed by atoms with van der Waals surface area (Å²) in [5.41, 5.74) is 2.12. The number of allylic oxidation sites excluding steroid dienone is 1. The van der Waals surface area contributed by atoms with Gasteiger partial charge in [-0.15, -0.1) is 0 Å². The van der Waals surface area contributed by atoms with Crippen LogP contribution in [0.5, 0.6) is 5.75 Å². The van der Waals surface area contributed by atoms with E-state index >= 15 is 0 Å². The summed E-state index contributed by atoms with van der Waals surface area (Å²) in [7, 11) is 1.64. The number of hydrogen-bond acceptors (Lipinski definition) is 3. The van der Waals surface area contributed by atoms with Crippen LogP contribution >= 0.6 is 0 Å². The van der Waals surface area contributed by atoms with Crippen molar-refractivity contribution in [1.82, 2.24) is 0 Å². The van der Waals surface area contributed by atoms with Gasteiger partial charge in [0, 0.05) is 6.08 Å². The van der Waals surface area contributed by atoms with E-state index in [1.807, 2.05) is 31.2 Å². The number of hydrogen-bond donors (Lipinski definition) is 0. The van der Waals surface area contributed by atoms with Crippen molar-refractivity contribution >= 4 is 5.97 Å². The van der Waals surface area contributed by atoms with E-state index in [1.54, 1.807) is 14.0 Å². The predicted molar refractivity (Wildman–Crippen MR) is 67.1 cm³/mol. The van der Waals surface area contributed by atoms with Crippen LogP contribution in [0.3, 0.4) is 0 Å². The maximum Gasteiger partial charge on any atom is 0.330 e. The van der Waals surface area contributed by atoms with E-state index < -0.39 is 0 Å². The van der Waals surface area contributed by atoms with Gasteiger partial charge < -0.3 is 9.47 Å². The largest absolute Gasteiger partial charge is 0.497 e. The summed E-state index contributed by atoms with van der Waals surface area (Å²) < 4.78 is 9.93. The Morgan fingerprint density at radius 2 is 1.94 bits per heavy atom. The van der Waals surface area contributed by atoms with E-state index in [2.05, 4.69) is 0 Å². The lowest BCUT2D eigenvalue weighted by Crippen LogP contribution is -2.01. The van der Waals surface area contributed by atoms with Crippen molar-refractivity contribution in [1.29, 1.82) is 0 Å². The number of benzene rings is 1. The molecule has 0 bridgehead atoms. The van der Waals surface area contributed by atoms with Gasteiger partial charge >= 0.3 is 5.97 Å². The highest BCUT2D eigenvalue weighted by Gasteiger charge is 2.00. The highest BCUT2D eigenvalue weighted by Crippen LogP contribution is 2.14. The second-order valence-electron chi connectivity index (χ2n) is 3.77. The van der Waals surface area contributed by atoms with Crippen LogP contribution in [0.25, 0.3) is 0 Å². The van der Waals surface area contributed by atoms with E-state index in [4.69, 9.17) is 9.47 Å². The van der Waals surface area contributed by atoms with Crippen LogP contribution in [-0.4, -0.2) is 19.7 Å². The molecule has 0 spiro atoms. The van der Waals surface area contributed by atoms with Crippen LogP contribution in [0.15, 0.2) is 35.9 Å².